The molecule has 13 heteroatoms. The van der Waals surface area contributed by atoms with Crippen LogP contribution in [-0.4, -0.2) is 31.0 Å². The maximum absolute atomic E-state index is 12.9. The van der Waals surface area contributed by atoms with Crippen LogP contribution in [0, 0.1) is 0 Å². The van der Waals surface area contributed by atoms with Crippen molar-refractivity contribution in [2.45, 2.75) is 19.5 Å². The highest BCUT2D eigenvalue weighted by atomic mass is 31.2. The van der Waals surface area contributed by atoms with Crippen LogP contribution in [0.4, 0.5) is 13.2 Å². The standard InChI is InChI=1S/C16H15F3NO4P.C15H17O3P/c17-16(18,19)15(21)20-11-12-25(22,23-13-7-3-1-4-8-13)24-14-9-5-2-6-10-14;1-2-13-19(16,17-14-9-5-3-6-10-14)18-15-11-7-4-8-12-15/h1-10H,11-12H2,(H,20,21);3-12H,2,13H2,1H3. The fourth-order valence-corrected chi connectivity index (χ4v) is 6.61. The zero-order valence-corrected chi connectivity index (χ0v) is 25.6. The molecular formula is C31H32F3NO7P2. The van der Waals surface area contributed by atoms with E-state index in [1.165, 1.54) is 24.3 Å². The molecule has 0 atom stereocenters. The van der Waals surface area contributed by atoms with Crippen LogP contribution in [0.25, 0.3) is 0 Å². The average Bonchev–Trinajstić information content (AvgIpc) is 2.99. The highest BCUT2D eigenvalue weighted by Crippen LogP contribution is 2.49. The van der Waals surface area contributed by atoms with E-state index in [2.05, 4.69) is 0 Å². The summed E-state index contributed by atoms with van der Waals surface area (Å²) in [4.78, 5) is 10.9. The summed E-state index contributed by atoms with van der Waals surface area (Å²) < 4.78 is 84.2. The summed E-state index contributed by atoms with van der Waals surface area (Å²) in [5.41, 5.74) is 0. The summed E-state index contributed by atoms with van der Waals surface area (Å²) in [6.45, 7) is 1.44. The first-order chi connectivity index (χ1) is 21.0. The summed E-state index contributed by atoms with van der Waals surface area (Å²) in [5, 5.41) is 1.65. The third-order valence-corrected chi connectivity index (χ3v) is 9.10. The molecule has 4 rings (SSSR count). The number of carbonyl (C=O) groups is 1. The molecule has 0 radical (unpaired) electrons. The van der Waals surface area contributed by atoms with E-state index in [1.807, 2.05) is 43.3 Å². The summed E-state index contributed by atoms with van der Waals surface area (Å²) in [7, 11) is -7.02. The van der Waals surface area contributed by atoms with E-state index in [-0.39, 0.29) is 11.5 Å². The topological polar surface area (TPSA) is 100 Å². The van der Waals surface area contributed by atoms with Gasteiger partial charge in [-0.3, -0.25) is 4.79 Å². The summed E-state index contributed by atoms with van der Waals surface area (Å²) in [6.07, 6.45) is -4.32. The van der Waals surface area contributed by atoms with E-state index < -0.39 is 40.0 Å². The van der Waals surface area contributed by atoms with Gasteiger partial charge in [0.15, 0.2) is 0 Å². The fourth-order valence-electron chi connectivity index (χ4n) is 3.47. The summed E-state index contributed by atoms with van der Waals surface area (Å²) in [6, 6.07) is 34.4. The van der Waals surface area contributed by atoms with Crippen LogP contribution >= 0.6 is 15.2 Å². The van der Waals surface area contributed by atoms with Crippen molar-refractivity contribution in [2.75, 3.05) is 18.9 Å². The lowest BCUT2D eigenvalue weighted by molar-refractivity contribution is -0.173. The Morgan fingerprint density at radius 3 is 1.16 bits per heavy atom. The van der Waals surface area contributed by atoms with Crippen LogP contribution in [0.5, 0.6) is 23.0 Å². The molecule has 0 unspecified atom stereocenters. The SMILES string of the molecule is CCCP(=O)(Oc1ccccc1)Oc1ccccc1.O=C(NCCP(=O)(Oc1ccccc1)Oc1ccccc1)C(F)(F)F. The number of rotatable bonds is 13. The van der Waals surface area contributed by atoms with Gasteiger partial charge in [-0.25, -0.2) is 9.13 Å². The van der Waals surface area contributed by atoms with Crippen LogP contribution < -0.4 is 23.4 Å². The molecule has 0 fully saturated rings. The number of para-hydroxylation sites is 4. The minimum atomic E-state index is -5.01. The number of halogens is 3. The molecule has 0 aliphatic heterocycles. The Labute approximate surface area is 254 Å². The summed E-state index contributed by atoms with van der Waals surface area (Å²) >= 11 is 0. The molecule has 8 nitrogen and oxygen atoms in total. The van der Waals surface area contributed by atoms with Crippen molar-refractivity contribution in [1.29, 1.82) is 0 Å². The lowest BCUT2D eigenvalue weighted by Gasteiger charge is -2.20. The second-order valence-corrected chi connectivity index (χ2v) is 13.1. The van der Waals surface area contributed by atoms with Crippen LogP contribution in [-0.2, 0) is 13.9 Å². The predicted molar refractivity (Wildman–Crippen MR) is 163 cm³/mol. The molecule has 0 heterocycles. The van der Waals surface area contributed by atoms with Gasteiger partial charge in [-0.2, -0.15) is 13.2 Å². The third-order valence-electron chi connectivity index (χ3n) is 5.38. The lowest BCUT2D eigenvalue weighted by atomic mass is 10.3. The number of carbonyl (C=O) groups excluding carboxylic acids is 1. The maximum atomic E-state index is 12.9. The van der Waals surface area contributed by atoms with Gasteiger partial charge in [-0.1, -0.05) is 79.7 Å². The third kappa shape index (κ3) is 12.2. The molecule has 0 saturated heterocycles. The van der Waals surface area contributed by atoms with Crippen molar-refractivity contribution >= 4 is 21.1 Å². The Kier molecular flexibility index (Phi) is 12.9. The first-order valence-corrected chi connectivity index (χ1v) is 17.0. The summed E-state index contributed by atoms with van der Waals surface area (Å²) in [5.74, 6) is -0.503. The first kappa shape index (κ1) is 34.3. The largest absolute Gasteiger partial charge is 0.471 e. The van der Waals surface area contributed by atoms with Gasteiger partial charge in [0, 0.05) is 6.54 Å². The number of nitrogens with one attached hydrogen (secondary N) is 1. The van der Waals surface area contributed by atoms with Crippen LogP contribution in [0.1, 0.15) is 13.3 Å². The Morgan fingerprint density at radius 2 is 0.886 bits per heavy atom. The number of hydrogen-bond acceptors (Lipinski definition) is 7. The number of alkyl halides is 3. The molecule has 0 spiro atoms. The second kappa shape index (κ2) is 16.6. The number of amides is 1. The first-order valence-electron chi connectivity index (χ1n) is 13.5. The van der Waals surface area contributed by atoms with Crippen molar-refractivity contribution in [3.8, 4) is 23.0 Å². The zero-order chi connectivity index (χ0) is 31.9. The molecule has 1 amide bonds. The molecule has 0 aliphatic carbocycles. The molecule has 0 saturated carbocycles. The van der Waals surface area contributed by atoms with Crippen molar-refractivity contribution in [2.24, 2.45) is 0 Å². The minimum Gasteiger partial charge on any atom is -0.416 e. The highest BCUT2D eigenvalue weighted by molar-refractivity contribution is 7.55. The zero-order valence-electron chi connectivity index (χ0n) is 23.8. The van der Waals surface area contributed by atoms with Crippen molar-refractivity contribution < 1.29 is 45.2 Å². The van der Waals surface area contributed by atoms with E-state index in [0.717, 1.165) is 6.42 Å². The van der Waals surface area contributed by atoms with Crippen LogP contribution in [0.2, 0.25) is 0 Å². The Morgan fingerprint density at radius 1 is 0.591 bits per heavy atom. The second-order valence-electron chi connectivity index (χ2n) is 9.04. The van der Waals surface area contributed by atoms with Crippen LogP contribution in [0.3, 0.4) is 0 Å². The lowest BCUT2D eigenvalue weighted by Crippen LogP contribution is -2.38. The Hall–Kier alpha value is -4.20. The molecule has 0 bridgehead atoms. The van der Waals surface area contributed by atoms with Gasteiger partial charge in [0.25, 0.3) is 0 Å². The smallest absolute Gasteiger partial charge is 0.416 e. The Bertz CT molecular complexity index is 1420. The molecule has 4 aromatic rings. The van der Waals surface area contributed by atoms with E-state index >= 15 is 0 Å². The van der Waals surface area contributed by atoms with Crippen molar-refractivity contribution in [3.63, 3.8) is 0 Å². The van der Waals surface area contributed by atoms with Gasteiger partial charge in [0.1, 0.15) is 23.0 Å². The molecular weight excluding hydrogens is 617 g/mol. The van der Waals surface area contributed by atoms with Gasteiger partial charge in [0.05, 0.1) is 12.3 Å². The molecule has 4 aromatic carbocycles. The monoisotopic (exact) mass is 649 g/mol. The maximum Gasteiger partial charge on any atom is 0.471 e. The number of benzene rings is 4. The van der Waals surface area contributed by atoms with E-state index in [9.17, 15) is 27.1 Å². The Balaban J connectivity index is 0.000000249. The van der Waals surface area contributed by atoms with E-state index in [4.69, 9.17) is 18.1 Å². The predicted octanol–water partition coefficient (Wildman–Crippen LogP) is 8.76. The number of hydrogen-bond donors (Lipinski definition) is 1. The van der Waals surface area contributed by atoms with E-state index in [0.29, 0.717) is 17.7 Å². The van der Waals surface area contributed by atoms with E-state index in [1.54, 1.807) is 66.0 Å². The molecule has 1 N–H and O–H groups in total. The van der Waals surface area contributed by atoms with Gasteiger partial charge >= 0.3 is 27.3 Å². The molecule has 0 aliphatic rings. The molecule has 44 heavy (non-hydrogen) atoms. The minimum absolute atomic E-state index is 0.240. The van der Waals surface area contributed by atoms with Gasteiger partial charge in [-0.05, 0) is 55.0 Å². The van der Waals surface area contributed by atoms with Crippen molar-refractivity contribution in [1.82, 2.24) is 5.32 Å². The highest BCUT2D eigenvalue weighted by Gasteiger charge is 2.39. The van der Waals surface area contributed by atoms with Crippen molar-refractivity contribution in [3.05, 3.63) is 121 Å². The average molecular weight is 650 g/mol. The van der Waals surface area contributed by atoms with Crippen LogP contribution in [0.15, 0.2) is 121 Å². The van der Waals surface area contributed by atoms with Gasteiger partial charge < -0.3 is 23.4 Å². The fraction of sp³-hybridized carbons (Fsp3) is 0.194. The van der Waals surface area contributed by atoms with Gasteiger partial charge in [-0.15, -0.1) is 0 Å². The quantitative estimate of drug-likeness (QED) is 0.145. The molecule has 234 valence electrons. The van der Waals surface area contributed by atoms with Gasteiger partial charge in [0.2, 0.25) is 0 Å². The normalized spacial score (nSPS) is 11.4. The molecule has 0 aromatic heterocycles.